The van der Waals surface area contributed by atoms with Gasteiger partial charge < -0.3 is 9.13 Å². The topological polar surface area (TPSA) is 131 Å². The van der Waals surface area contributed by atoms with Gasteiger partial charge in [-0.05, 0) is 102 Å². The van der Waals surface area contributed by atoms with Crippen LogP contribution in [-0.2, 0) is 0 Å². The Morgan fingerprint density at radius 1 is 0.453 bits per heavy atom. The summed E-state index contributed by atoms with van der Waals surface area (Å²) in [5.74, 6) is 0. The number of para-hydroxylation sites is 2. The van der Waals surface area contributed by atoms with Gasteiger partial charge >= 0.3 is 0 Å². The van der Waals surface area contributed by atoms with Crippen LogP contribution in [0.2, 0.25) is 0 Å². The van der Waals surface area contributed by atoms with Crippen molar-refractivity contribution >= 4 is 60.7 Å². The number of aromatic nitrogens is 3. The molecule has 0 aliphatic heterocycles. The Morgan fingerprint density at radius 2 is 0.984 bits per heavy atom. The van der Waals surface area contributed by atoms with Gasteiger partial charge in [-0.2, -0.15) is 21.0 Å². The summed E-state index contributed by atoms with van der Waals surface area (Å²) in [6.45, 7) is 23.3. The van der Waals surface area contributed by atoms with E-state index in [1.54, 1.807) is 18.5 Å². The van der Waals surface area contributed by atoms with E-state index in [-0.39, 0.29) is 33.8 Å². The smallest absolute Gasteiger partial charge is 0.189 e. The molecule has 10 rings (SSSR count). The molecule has 290 valence electrons. The van der Waals surface area contributed by atoms with Gasteiger partial charge in [0.1, 0.15) is 0 Å². The molecule has 0 atom stereocenters. The first-order valence-electron chi connectivity index (χ1n) is 19.7. The van der Waals surface area contributed by atoms with Gasteiger partial charge in [-0.3, -0.25) is 4.98 Å². The second-order valence-electron chi connectivity index (χ2n) is 14.9. The number of rotatable bonds is 5. The second kappa shape index (κ2) is 15.1. The van der Waals surface area contributed by atoms with Crippen LogP contribution in [0.15, 0.2) is 146 Å². The highest BCUT2D eigenvalue weighted by Crippen LogP contribution is 2.45. The molecule has 10 nitrogen and oxygen atoms in total. The van der Waals surface area contributed by atoms with Gasteiger partial charge in [-0.25, -0.2) is 14.5 Å². The van der Waals surface area contributed by atoms with E-state index in [0.717, 1.165) is 66.1 Å². The summed E-state index contributed by atoms with van der Waals surface area (Å²) >= 11 is 0. The molecule has 0 aliphatic carbocycles. The Morgan fingerprint density at radius 3 is 1.52 bits per heavy atom. The first-order valence-corrected chi connectivity index (χ1v) is 19.7. The first-order chi connectivity index (χ1) is 31.4. The molecule has 0 N–H and O–H groups in total. The quantitative estimate of drug-likeness (QED) is 0.160. The minimum absolute atomic E-state index is 0.219. The summed E-state index contributed by atoms with van der Waals surface area (Å²) in [6, 6.07) is 50.1. The first kappa shape index (κ1) is 38.0. The van der Waals surface area contributed by atoms with Gasteiger partial charge in [-0.15, -0.1) is 0 Å². The van der Waals surface area contributed by atoms with E-state index >= 15 is 0 Å². The monoisotopic (exact) mass is 812 g/mol. The molecule has 3 heterocycles. The molecule has 0 saturated carbocycles. The predicted molar refractivity (Wildman–Crippen MR) is 247 cm³/mol. The van der Waals surface area contributed by atoms with Crippen LogP contribution in [0.3, 0.4) is 0 Å². The molecule has 3 aromatic heterocycles. The van der Waals surface area contributed by atoms with Crippen LogP contribution in [0.5, 0.6) is 0 Å². The molecule has 0 aliphatic rings. The Labute approximate surface area is 365 Å². The normalized spacial score (nSPS) is 10.7. The Kier molecular flexibility index (Phi) is 8.94. The summed E-state index contributed by atoms with van der Waals surface area (Å²) in [5, 5.41) is 43.8. The molecule has 64 heavy (non-hydrogen) atoms. The van der Waals surface area contributed by atoms with E-state index in [1.165, 1.54) is 24.3 Å². The lowest BCUT2D eigenvalue weighted by Crippen LogP contribution is -2.02. The van der Waals surface area contributed by atoms with Crippen molar-refractivity contribution in [2.24, 2.45) is 0 Å². The standard InChI is InChI=1S/C54H24N10/c1-59-38-23-36(29-57)53(37(24-38)30-58)34-13-16-50-42(25-34)39-8-4-6-10-47(39)63(50)49-15-12-32(27-55)20-41(49)44-31-62-19-18-52(44)64-48-11-7-5-9-40(48)43-26-35(14-17-51(43)64)54-45(60-2)21-33(28-56)22-46(54)61-3/h4-26,31H. The number of hydrogen-bond donors (Lipinski definition) is 0. The maximum absolute atomic E-state index is 10.3. The molecule has 0 bridgehead atoms. The predicted octanol–water partition coefficient (Wildman–Crippen LogP) is 13.4. The summed E-state index contributed by atoms with van der Waals surface area (Å²) < 4.78 is 4.31. The Bertz CT molecular complexity index is 3930. The summed E-state index contributed by atoms with van der Waals surface area (Å²) in [4.78, 5) is 15.5. The van der Waals surface area contributed by atoms with Crippen molar-refractivity contribution in [1.82, 2.24) is 14.1 Å². The average Bonchev–Trinajstić information content (AvgIpc) is 3.87. The summed E-state index contributed by atoms with van der Waals surface area (Å²) in [6.07, 6.45) is 3.54. The Balaban J connectivity index is 1.22. The van der Waals surface area contributed by atoms with E-state index in [4.69, 9.17) is 19.7 Å². The molecule has 7 aromatic carbocycles. The molecule has 10 aromatic rings. The summed E-state index contributed by atoms with van der Waals surface area (Å²) in [5.41, 5.74) is 10.7. The summed E-state index contributed by atoms with van der Waals surface area (Å²) in [7, 11) is 0. The fourth-order valence-electron chi connectivity index (χ4n) is 8.91. The molecule has 10 heteroatoms. The van der Waals surface area contributed by atoms with Crippen LogP contribution in [0.1, 0.15) is 22.3 Å². The highest BCUT2D eigenvalue weighted by Gasteiger charge is 2.23. The zero-order chi connectivity index (χ0) is 44.1. The number of fused-ring (bicyclic) bond motifs is 6. The molecule has 0 amide bonds. The SMILES string of the molecule is [C-]#[N+]c1cc(C#N)c(-c2ccc3c(c2)c2ccccc2n3-c2ccc(C#N)cc2-c2cnccc2-n2c3ccccc3c3cc(-c4c([N+]#[C-])cc(C#N)cc4[N+]#[C-])ccc32)c(C#N)c1. The number of nitriles is 4. The lowest BCUT2D eigenvalue weighted by atomic mass is 9.93. The van der Waals surface area contributed by atoms with Crippen LogP contribution in [0.4, 0.5) is 17.1 Å². The third-order valence-electron chi connectivity index (χ3n) is 11.6. The highest BCUT2D eigenvalue weighted by molar-refractivity contribution is 6.13. The van der Waals surface area contributed by atoms with E-state index in [2.05, 4.69) is 52.9 Å². The van der Waals surface area contributed by atoms with E-state index in [0.29, 0.717) is 27.8 Å². The van der Waals surface area contributed by atoms with Crippen molar-refractivity contribution in [3.8, 4) is 69.0 Å². The number of hydrogen-bond acceptors (Lipinski definition) is 5. The van der Waals surface area contributed by atoms with Gasteiger partial charge in [0.05, 0.1) is 94.1 Å². The molecular weight excluding hydrogens is 789 g/mol. The lowest BCUT2D eigenvalue weighted by Gasteiger charge is -2.18. The molecular formula is C54H24N10. The highest BCUT2D eigenvalue weighted by atomic mass is 15.0. The molecule has 0 fully saturated rings. The van der Waals surface area contributed by atoms with Gasteiger partial charge in [-0.1, -0.05) is 48.5 Å². The van der Waals surface area contributed by atoms with Gasteiger partial charge in [0.15, 0.2) is 17.1 Å². The van der Waals surface area contributed by atoms with E-state index < -0.39 is 0 Å². The molecule has 0 spiro atoms. The van der Waals surface area contributed by atoms with Crippen LogP contribution >= 0.6 is 0 Å². The number of benzene rings is 7. The number of pyridine rings is 1. The largest absolute Gasteiger partial charge is 0.309 e. The van der Waals surface area contributed by atoms with Crippen LogP contribution in [-0.4, -0.2) is 14.1 Å². The van der Waals surface area contributed by atoms with Crippen molar-refractivity contribution in [2.45, 2.75) is 0 Å². The minimum atomic E-state index is 0.219. The van der Waals surface area contributed by atoms with Gasteiger partial charge in [0.25, 0.3) is 0 Å². The maximum atomic E-state index is 10.3. The van der Waals surface area contributed by atoms with Gasteiger partial charge in [0.2, 0.25) is 0 Å². The fourth-order valence-corrected chi connectivity index (χ4v) is 8.91. The zero-order valence-corrected chi connectivity index (χ0v) is 33.3. The van der Waals surface area contributed by atoms with E-state index in [9.17, 15) is 21.0 Å². The Hall–Kier alpha value is -10.3. The second-order valence-corrected chi connectivity index (χ2v) is 14.9. The third kappa shape index (κ3) is 5.78. The van der Waals surface area contributed by atoms with Crippen molar-refractivity contribution in [2.75, 3.05) is 0 Å². The van der Waals surface area contributed by atoms with Crippen LogP contribution < -0.4 is 0 Å². The van der Waals surface area contributed by atoms with Gasteiger partial charge in [0, 0.05) is 56.2 Å². The van der Waals surface area contributed by atoms with Crippen molar-refractivity contribution < 1.29 is 0 Å². The lowest BCUT2D eigenvalue weighted by molar-refractivity contribution is 1.14. The fraction of sp³-hybridized carbons (Fsp3) is 0. The number of nitrogens with zero attached hydrogens (tertiary/aromatic N) is 10. The molecule has 0 unspecified atom stereocenters. The third-order valence-corrected chi connectivity index (χ3v) is 11.6. The van der Waals surface area contributed by atoms with Crippen molar-refractivity contribution in [1.29, 1.82) is 21.0 Å². The maximum Gasteiger partial charge on any atom is 0.189 e. The van der Waals surface area contributed by atoms with Crippen LogP contribution in [0.25, 0.3) is 103 Å². The van der Waals surface area contributed by atoms with Crippen molar-refractivity contribution in [3.63, 3.8) is 0 Å². The zero-order valence-electron chi connectivity index (χ0n) is 33.3. The average molecular weight is 813 g/mol. The minimum Gasteiger partial charge on any atom is -0.309 e. The molecule has 0 radical (unpaired) electrons. The van der Waals surface area contributed by atoms with Crippen molar-refractivity contribution in [3.05, 3.63) is 202 Å². The van der Waals surface area contributed by atoms with Crippen LogP contribution in [0, 0.1) is 65.0 Å². The van der Waals surface area contributed by atoms with E-state index in [1.807, 2.05) is 103 Å². The molecule has 0 saturated heterocycles.